The summed E-state index contributed by atoms with van der Waals surface area (Å²) in [5.74, 6) is 0. The Hall–Kier alpha value is -1.10. The summed E-state index contributed by atoms with van der Waals surface area (Å²) in [6.07, 6.45) is 0.913. The molecule has 0 aromatic heterocycles. The molecule has 0 unspecified atom stereocenters. The van der Waals surface area contributed by atoms with Crippen molar-refractivity contribution in [3.63, 3.8) is 0 Å². The Kier molecular flexibility index (Phi) is 3.42. The van der Waals surface area contributed by atoms with Crippen LogP contribution in [0.15, 0.2) is 11.1 Å². The van der Waals surface area contributed by atoms with Crippen molar-refractivity contribution in [2.75, 3.05) is 0 Å². The lowest BCUT2D eigenvalue weighted by Crippen LogP contribution is -1.95. The van der Waals surface area contributed by atoms with Gasteiger partial charge < -0.3 is 0 Å². The van der Waals surface area contributed by atoms with Crippen LogP contribution in [-0.2, 0) is 0 Å². The minimum absolute atomic E-state index is 0.0827. The molecule has 0 fully saturated rings. The second-order valence-electron chi connectivity index (χ2n) is 2.25. The normalized spacial score (nSPS) is 11.8. The summed E-state index contributed by atoms with van der Waals surface area (Å²) < 4.78 is 0. The van der Waals surface area contributed by atoms with Crippen molar-refractivity contribution < 1.29 is 0 Å². The number of hydrogen-bond donors (Lipinski definition) is 1. The van der Waals surface area contributed by atoms with Gasteiger partial charge in [0.25, 0.3) is 0 Å². The zero-order chi connectivity index (χ0) is 8.15. The molecule has 0 spiro atoms. The molecule has 0 aromatic carbocycles. The van der Waals surface area contributed by atoms with E-state index in [1.165, 1.54) is 0 Å². The standard InChI is InChI=1S/C8H12N2/c1-4-6(2)7(3)8(10)5-9/h10H,4H2,1-3H3/b7-6+,10-8?. The van der Waals surface area contributed by atoms with Gasteiger partial charge in [-0.2, -0.15) is 5.26 Å². The van der Waals surface area contributed by atoms with E-state index in [2.05, 4.69) is 0 Å². The molecule has 2 nitrogen and oxygen atoms in total. The van der Waals surface area contributed by atoms with Crippen LogP contribution in [0.4, 0.5) is 0 Å². The Labute approximate surface area is 61.7 Å². The second kappa shape index (κ2) is 3.84. The number of allylic oxidation sites excluding steroid dienone is 2. The highest BCUT2D eigenvalue weighted by molar-refractivity contribution is 6.09. The van der Waals surface area contributed by atoms with Gasteiger partial charge in [-0.3, -0.25) is 5.41 Å². The van der Waals surface area contributed by atoms with Crippen LogP contribution in [-0.4, -0.2) is 5.71 Å². The maximum atomic E-state index is 8.34. The van der Waals surface area contributed by atoms with E-state index in [4.69, 9.17) is 10.7 Å². The van der Waals surface area contributed by atoms with Crippen LogP contribution in [0.5, 0.6) is 0 Å². The Morgan fingerprint density at radius 2 is 2.00 bits per heavy atom. The summed E-state index contributed by atoms with van der Waals surface area (Å²) >= 11 is 0. The first-order chi connectivity index (χ1) is 4.63. The highest BCUT2D eigenvalue weighted by Crippen LogP contribution is 2.07. The van der Waals surface area contributed by atoms with Gasteiger partial charge in [0.15, 0.2) is 0 Å². The Morgan fingerprint density at radius 1 is 1.50 bits per heavy atom. The van der Waals surface area contributed by atoms with Crippen LogP contribution in [0.3, 0.4) is 0 Å². The first kappa shape index (κ1) is 8.90. The van der Waals surface area contributed by atoms with E-state index in [9.17, 15) is 0 Å². The molecule has 0 heterocycles. The third-order valence-electron chi connectivity index (χ3n) is 1.66. The summed E-state index contributed by atoms with van der Waals surface area (Å²) in [7, 11) is 0. The van der Waals surface area contributed by atoms with Crippen LogP contribution in [0, 0.1) is 16.7 Å². The molecule has 0 bridgehead atoms. The number of nitriles is 1. The van der Waals surface area contributed by atoms with Gasteiger partial charge in [-0.05, 0) is 25.8 Å². The third kappa shape index (κ3) is 2.02. The molecule has 0 saturated heterocycles. The van der Waals surface area contributed by atoms with Gasteiger partial charge in [-0.15, -0.1) is 0 Å². The largest absolute Gasteiger partial charge is 0.290 e. The number of hydrogen-bond acceptors (Lipinski definition) is 2. The van der Waals surface area contributed by atoms with Crippen molar-refractivity contribution >= 4 is 5.71 Å². The molecule has 0 saturated carbocycles. The molecule has 0 amide bonds. The summed E-state index contributed by atoms with van der Waals surface area (Å²) in [6.45, 7) is 5.77. The van der Waals surface area contributed by atoms with E-state index < -0.39 is 0 Å². The van der Waals surface area contributed by atoms with E-state index in [0.717, 1.165) is 17.6 Å². The van der Waals surface area contributed by atoms with Gasteiger partial charge in [-0.1, -0.05) is 12.5 Å². The van der Waals surface area contributed by atoms with Gasteiger partial charge in [0.2, 0.25) is 0 Å². The van der Waals surface area contributed by atoms with Gasteiger partial charge in [-0.25, -0.2) is 0 Å². The molecule has 0 rings (SSSR count). The van der Waals surface area contributed by atoms with Gasteiger partial charge >= 0.3 is 0 Å². The molecule has 0 aromatic rings. The fourth-order valence-corrected chi connectivity index (χ4v) is 0.562. The monoisotopic (exact) mass is 136 g/mol. The molecule has 1 N–H and O–H groups in total. The topological polar surface area (TPSA) is 47.6 Å². The van der Waals surface area contributed by atoms with E-state index >= 15 is 0 Å². The van der Waals surface area contributed by atoms with Crippen molar-refractivity contribution in [2.24, 2.45) is 0 Å². The molecule has 0 aliphatic heterocycles. The molecule has 0 aliphatic rings. The molecule has 54 valence electrons. The fraction of sp³-hybridized carbons (Fsp3) is 0.500. The number of rotatable bonds is 2. The zero-order valence-corrected chi connectivity index (χ0v) is 6.65. The number of nitrogens with zero attached hydrogens (tertiary/aromatic N) is 1. The van der Waals surface area contributed by atoms with Gasteiger partial charge in [0.05, 0.1) is 0 Å². The average molecular weight is 136 g/mol. The molecule has 2 heteroatoms. The lowest BCUT2D eigenvalue weighted by molar-refractivity contribution is 1.08. The minimum atomic E-state index is 0.0827. The summed E-state index contributed by atoms with van der Waals surface area (Å²) in [5.41, 5.74) is 2.01. The maximum absolute atomic E-state index is 8.34. The Balaban J connectivity index is 4.50. The number of nitrogens with one attached hydrogen (secondary N) is 1. The maximum Gasteiger partial charge on any atom is 0.134 e. The van der Waals surface area contributed by atoms with Crippen molar-refractivity contribution in [1.82, 2.24) is 0 Å². The zero-order valence-electron chi connectivity index (χ0n) is 6.65. The molecule has 0 atom stereocenters. The van der Waals surface area contributed by atoms with Crippen molar-refractivity contribution in [2.45, 2.75) is 27.2 Å². The smallest absolute Gasteiger partial charge is 0.134 e. The first-order valence-corrected chi connectivity index (χ1v) is 3.28. The van der Waals surface area contributed by atoms with Crippen LogP contribution in [0.2, 0.25) is 0 Å². The predicted molar refractivity (Wildman–Crippen MR) is 42.0 cm³/mol. The van der Waals surface area contributed by atoms with Crippen LogP contribution in [0.25, 0.3) is 0 Å². The molecule has 10 heavy (non-hydrogen) atoms. The molecular formula is C8H12N2. The van der Waals surface area contributed by atoms with Crippen LogP contribution >= 0.6 is 0 Å². The molecular weight excluding hydrogens is 124 g/mol. The SMILES string of the molecule is CC/C(C)=C(\C)C(=N)C#N. The average Bonchev–Trinajstić information content (AvgIpc) is 2.00. The highest BCUT2D eigenvalue weighted by atomic mass is 14.4. The minimum Gasteiger partial charge on any atom is -0.290 e. The van der Waals surface area contributed by atoms with Crippen LogP contribution < -0.4 is 0 Å². The van der Waals surface area contributed by atoms with E-state index in [-0.39, 0.29) is 5.71 Å². The second-order valence-corrected chi connectivity index (χ2v) is 2.25. The van der Waals surface area contributed by atoms with E-state index in [1.54, 1.807) is 6.07 Å². The third-order valence-corrected chi connectivity index (χ3v) is 1.66. The summed E-state index contributed by atoms with van der Waals surface area (Å²) in [4.78, 5) is 0. The first-order valence-electron chi connectivity index (χ1n) is 3.28. The fourth-order valence-electron chi connectivity index (χ4n) is 0.562. The quantitative estimate of drug-likeness (QED) is 0.581. The van der Waals surface area contributed by atoms with E-state index in [0.29, 0.717) is 0 Å². The lowest BCUT2D eigenvalue weighted by atomic mass is 10.1. The predicted octanol–water partition coefficient (Wildman–Crippen LogP) is 2.28. The molecule has 0 aliphatic carbocycles. The van der Waals surface area contributed by atoms with Crippen LogP contribution in [0.1, 0.15) is 27.2 Å². The Bertz CT molecular complexity index is 206. The van der Waals surface area contributed by atoms with Crippen molar-refractivity contribution in [3.8, 4) is 6.07 Å². The van der Waals surface area contributed by atoms with E-state index in [1.807, 2.05) is 20.8 Å². The molecule has 0 radical (unpaired) electrons. The Morgan fingerprint density at radius 3 is 2.30 bits per heavy atom. The summed E-state index contributed by atoms with van der Waals surface area (Å²) in [5, 5.41) is 15.5. The van der Waals surface area contributed by atoms with Crippen molar-refractivity contribution in [3.05, 3.63) is 11.1 Å². The van der Waals surface area contributed by atoms with Crippen molar-refractivity contribution in [1.29, 1.82) is 10.7 Å². The van der Waals surface area contributed by atoms with Gasteiger partial charge in [0, 0.05) is 0 Å². The lowest BCUT2D eigenvalue weighted by Gasteiger charge is -1.99. The highest BCUT2D eigenvalue weighted by Gasteiger charge is 1.99. The summed E-state index contributed by atoms with van der Waals surface area (Å²) in [6, 6.07) is 1.81. The van der Waals surface area contributed by atoms with Gasteiger partial charge in [0.1, 0.15) is 11.8 Å².